The largest absolute Gasteiger partial charge is 0.462 e. The fourth-order valence-electron chi connectivity index (χ4n) is 10.3. The first-order chi connectivity index (χ1) is 16.2. The zero-order chi connectivity index (χ0) is 25.6. The molecule has 6 heteroatoms. The molecule has 4 aliphatic carbocycles. The molecule has 1 heterocycles. The van der Waals surface area contributed by atoms with Crippen LogP contribution in [0.5, 0.6) is 0 Å². The van der Waals surface area contributed by atoms with Crippen molar-refractivity contribution >= 4 is 11.9 Å². The summed E-state index contributed by atoms with van der Waals surface area (Å²) in [6, 6.07) is 0. The zero-order valence-electron chi connectivity index (χ0n) is 22.6. The summed E-state index contributed by atoms with van der Waals surface area (Å²) in [5.74, 6) is 0.0707. The van der Waals surface area contributed by atoms with Crippen molar-refractivity contribution in [2.75, 3.05) is 0 Å². The summed E-state index contributed by atoms with van der Waals surface area (Å²) in [4.78, 5) is 24.1. The van der Waals surface area contributed by atoms with Crippen molar-refractivity contribution < 1.29 is 28.9 Å². The van der Waals surface area contributed by atoms with E-state index in [0.29, 0.717) is 23.7 Å². The quantitative estimate of drug-likeness (QED) is 0.526. The Bertz CT molecular complexity index is 939. The van der Waals surface area contributed by atoms with Crippen LogP contribution in [0.2, 0.25) is 0 Å². The minimum Gasteiger partial charge on any atom is -0.462 e. The van der Waals surface area contributed by atoms with E-state index in [1.54, 1.807) is 6.26 Å². The standard InChI is InChI=1S/C29H44O6/c1-16(30)34-19-13-22-28(6)12-9-20-26(3,4)10-8-11-27(20,5)21(28)14-23(32)29(22,7)24-18(19)15-33-25(24)35-17(2)31/h15,19-25,32H,8-14H2,1-7H3/t19-,20+,21-,22-,23-,24+,25+,27-,28+,29+/m0/s1. The lowest BCUT2D eigenvalue weighted by molar-refractivity contribution is -0.262. The number of rotatable bonds is 2. The van der Waals surface area contributed by atoms with Gasteiger partial charge in [0.25, 0.3) is 6.29 Å². The Kier molecular flexibility index (Phi) is 5.71. The van der Waals surface area contributed by atoms with E-state index in [9.17, 15) is 14.7 Å². The van der Waals surface area contributed by atoms with Crippen molar-refractivity contribution in [2.24, 2.45) is 45.3 Å². The first-order valence-corrected chi connectivity index (χ1v) is 13.6. The number of hydrogen-bond donors (Lipinski definition) is 1. The third kappa shape index (κ3) is 3.44. The molecule has 0 bridgehead atoms. The second-order valence-electron chi connectivity index (χ2n) is 13.7. The molecule has 4 fully saturated rings. The van der Waals surface area contributed by atoms with Gasteiger partial charge in [-0.05, 0) is 72.5 Å². The highest BCUT2D eigenvalue weighted by atomic mass is 16.7. The minimum absolute atomic E-state index is 0.0139. The smallest absolute Gasteiger partial charge is 0.305 e. The van der Waals surface area contributed by atoms with E-state index < -0.39 is 29.9 Å². The number of ether oxygens (including phenoxy) is 3. The molecular weight excluding hydrogens is 444 g/mol. The average molecular weight is 489 g/mol. The van der Waals surface area contributed by atoms with Crippen LogP contribution in [-0.4, -0.2) is 35.5 Å². The van der Waals surface area contributed by atoms with Gasteiger partial charge >= 0.3 is 11.9 Å². The molecule has 5 rings (SSSR count). The molecular formula is C29H44O6. The number of carbonyl (C=O) groups excluding carboxylic acids is 2. The summed E-state index contributed by atoms with van der Waals surface area (Å²) >= 11 is 0. The van der Waals surface area contributed by atoms with Gasteiger partial charge in [0.15, 0.2) is 0 Å². The van der Waals surface area contributed by atoms with Gasteiger partial charge in [0.05, 0.1) is 18.3 Å². The maximum absolute atomic E-state index is 12.1. The van der Waals surface area contributed by atoms with Crippen molar-refractivity contribution in [3.05, 3.63) is 11.8 Å². The molecule has 0 saturated heterocycles. The molecule has 0 spiro atoms. The van der Waals surface area contributed by atoms with Crippen LogP contribution in [0, 0.1) is 45.3 Å². The van der Waals surface area contributed by atoms with Crippen LogP contribution < -0.4 is 0 Å². The molecule has 5 aliphatic rings. The predicted octanol–water partition coefficient (Wildman–Crippen LogP) is 5.38. The lowest BCUT2D eigenvalue weighted by Gasteiger charge is -2.71. The van der Waals surface area contributed by atoms with Crippen LogP contribution in [-0.2, 0) is 23.8 Å². The third-order valence-electron chi connectivity index (χ3n) is 11.6. The van der Waals surface area contributed by atoms with Crippen LogP contribution >= 0.6 is 0 Å². The maximum Gasteiger partial charge on any atom is 0.305 e. The highest BCUT2D eigenvalue weighted by molar-refractivity contribution is 5.67. The molecule has 196 valence electrons. The Morgan fingerprint density at radius 2 is 1.57 bits per heavy atom. The Balaban J connectivity index is 1.59. The monoisotopic (exact) mass is 488 g/mol. The van der Waals surface area contributed by atoms with E-state index in [0.717, 1.165) is 18.4 Å². The molecule has 0 unspecified atom stereocenters. The topological polar surface area (TPSA) is 82.1 Å². The van der Waals surface area contributed by atoms with Gasteiger partial charge in [-0.15, -0.1) is 0 Å². The minimum atomic E-state index is -0.802. The Hall–Kier alpha value is -1.56. The highest BCUT2D eigenvalue weighted by Crippen LogP contribution is 2.74. The maximum atomic E-state index is 12.1. The predicted molar refractivity (Wildman–Crippen MR) is 131 cm³/mol. The molecule has 0 aromatic rings. The Morgan fingerprint density at radius 1 is 0.914 bits per heavy atom. The van der Waals surface area contributed by atoms with E-state index in [1.165, 1.54) is 39.5 Å². The second-order valence-corrected chi connectivity index (χ2v) is 13.7. The number of aliphatic hydroxyl groups is 1. The summed E-state index contributed by atoms with van der Waals surface area (Å²) in [5.41, 5.74) is 0.760. The molecule has 0 aromatic heterocycles. The summed E-state index contributed by atoms with van der Waals surface area (Å²) in [6.07, 6.45) is 7.26. The summed E-state index contributed by atoms with van der Waals surface area (Å²) in [5, 5.41) is 12.0. The van der Waals surface area contributed by atoms with Crippen LogP contribution in [0.25, 0.3) is 0 Å². The van der Waals surface area contributed by atoms with Gasteiger partial charge in [0.2, 0.25) is 0 Å². The second kappa shape index (κ2) is 7.97. The fraction of sp³-hybridized carbons (Fsp3) is 0.862. The van der Waals surface area contributed by atoms with Crippen molar-refractivity contribution in [2.45, 2.75) is 112 Å². The number of carbonyl (C=O) groups is 2. The first-order valence-electron chi connectivity index (χ1n) is 13.6. The van der Waals surface area contributed by atoms with Crippen molar-refractivity contribution in [3.8, 4) is 0 Å². The van der Waals surface area contributed by atoms with Crippen LogP contribution in [0.4, 0.5) is 0 Å². The van der Waals surface area contributed by atoms with Crippen LogP contribution in [0.1, 0.15) is 93.4 Å². The number of fused-ring (bicyclic) bond motifs is 7. The molecule has 4 saturated carbocycles. The van der Waals surface area contributed by atoms with Crippen molar-refractivity contribution in [1.82, 2.24) is 0 Å². The fourth-order valence-corrected chi connectivity index (χ4v) is 10.3. The third-order valence-corrected chi connectivity index (χ3v) is 11.6. The number of aliphatic hydroxyl groups excluding tert-OH is 1. The van der Waals surface area contributed by atoms with Crippen LogP contribution in [0.3, 0.4) is 0 Å². The highest BCUT2D eigenvalue weighted by Gasteiger charge is 2.71. The van der Waals surface area contributed by atoms with Gasteiger partial charge in [0, 0.05) is 24.8 Å². The van der Waals surface area contributed by atoms with Gasteiger partial charge in [-0.1, -0.05) is 41.0 Å². The van der Waals surface area contributed by atoms with Gasteiger partial charge in [0.1, 0.15) is 6.10 Å². The Morgan fingerprint density at radius 3 is 2.23 bits per heavy atom. The zero-order valence-corrected chi connectivity index (χ0v) is 22.6. The van der Waals surface area contributed by atoms with E-state index >= 15 is 0 Å². The van der Waals surface area contributed by atoms with E-state index in [1.807, 2.05) is 0 Å². The molecule has 35 heavy (non-hydrogen) atoms. The molecule has 1 N–H and O–H groups in total. The normalized spacial score (nSPS) is 49.8. The lowest BCUT2D eigenvalue weighted by atomic mass is 9.34. The SMILES string of the molecule is CC(=O)O[C@H]1OC=C2[C@@H](OC(C)=O)C[C@H]3[C@]4(C)CC[C@@H]5C(C)(C)CCC[C@]5(C)[C@@H]4C[C@H](O)[C@]3(C)[C@H]21. The number of esters is 2. The summed E-state index contributed by atoms with van der Waals surface area (Å²) in [7, 11) is 0. The Labute approximate surface area is 210 Å². The molecule has 0 radical (unpaired) electrons. The van der Waals surface area contributed by atoms with E-state index in [4.69, 9.17) is 14.2 Å². The molecule has 10 atom stereocenters. The molecule has 0 aromatic carbocycles. The van der Waals surface area contributed by atoms with Gasteiger partial charge in [-0.2, -0.15) is 0 Å². The molecule has 6 nitrogen and oxygen atoms in total. The molecule has 1 aliphatic heterocycles. The molecule has 0 amide bonds. The van der Waals surface area contributed by atoms with E-state index in [2.05, 4.69) is 34.6 Å². The van der Waals surface area contributed by atoms with Crippen molar-refractivity contribution in [1.29, 1.82) is 0 Å². The van der Waals surface area contributed by atoms with Crippen LogP contribution in [0.15, 0.2) is 11.8 Å². The summed E-state index contributed by atoms with van der Waals surface area (Å²) in [6.45, 7) is 14.8. The van der Waals surface area contributed by atoms with Gasteiger partial charge in [-0.3, -0.25) is 9.59 Å². The van der Waals surface area contributed by atoms with E-state index in [-0.39, 0.29) is 28.6 Å². The average Bonchev–Trinajstić information content (AvgIpc) is 3.15. The first kappa shape index (κ1) is 25.1. The van der Waals surface area contributed by atoms with Gasteiger partial charge < -0.3 is 19.3 Å². The van der Waals surface area contributed by atoms with Gasteiger partial charge in [-0.25, -0.2) is 0 Å². The summed E-state index contributed by atoms with van der Waals surface area (Å²) < 4.78 is 17.4. The van der Waals surface area contributed by atoms with Crippen molar-refractivity contribution in [3.63, 3.8) is 0 Å². The lowest BCUT2D eigenvalue weighted by Crippen LogP contribution is -2.68. The number of hydrogen-bond acceptors (Lipinski definition) is 6.